The van der Waals surface area contributed by atoms with Crippen molar-refractivity contribution in [3.8, 4) is 0 Å². The van der Waals surface area contributed by atoms with Crippen LogP contribution in [0.5, 0.6) is 0 Å². The third-order valence-electron chi connectivity index (χ3n) is 3.13. The van der Waals surface area contributed by atoms with E-state index in [-0.39, 0.29) is 5.92 Å². The van der Waals surface area contributed by atoms with Gasteiger partial charge in [-0.15, -0.1) is 0 Å². The molecule has 0 aliphatic carbocycles. The lowest BCUT2D eigenvalue weighted by Gasteiger charge is -2.11. The Kier molecular flexibility index (Phi) is 5.24. The molecule has 88 valence electrons. The second kappa shape index (κ2) is 6.47. The van der Waals surface area contributed by atoms with Gasteiger partial charge in [0.05, 0.1) is 0 Å². The molecule has 0 N–H and O–H groups in total. The highest BCUT2D eigenvalue weighted by molar-refractivity contribution is 5.97. The molecule has 0 atom stereocenters. The Balaban J connectivity index is 2.76. The van der Waals surface area contributed by atoms with Gasteiger partial charge >= 0.3 is 0 Å². The maximum Gasteiger partial charge on any atom is 0.165 e. The fourth-order valence-corrected chi connectivity index (χ4v) is 2.02. The highest BCUT2D eigenvalue weighted by Crippen LogP contribution is 2.16. The summed E-state index contributed by atoms with van der Waals surface area (Å²) in [6.07, 6.45) is 4.12. The highest BCUT2D eigenvalue weighted by atomic mass is 16.1. The molecule has 16 heavy (non-hydrogen) atoms. The molecule has 1 nitrogen and oxygen atoms in total. The molecule has 0 unspecified atom stereocenters. The van der Waals surface area contributed by atoms with Gasteiger partial charge in [0.2, 0.25) is 0 Å². The van der Waals surface area contributed by atoms with Crippen LogP contribution < -0.4 is 0 Å². The van der Waals surface area contributed by atoms with Gasteiger partial charge in [0.25, 0.3) is 0 Å². The number of ketones is 1. The van der Waals surface area contributed by atoms with Crippen LogP contribution in [-0.2, 0) is 6.42 Å². The van der Waals surface area contributed by atoms with Gasteiger partial charge in [-0.05, 0) is 24.8 Å². The molecule has 1 aromatic carbocycles. The van der Waals surface area contributed by atoms with Gasteiger partial charge in [-0.3, -0.25) is 4.79 Å². The number of hydrogen-bond acceptors (Lipinski definition) is 1. The molecule has 0 aliphatic rings. The fourth-order valence-electron chi connectivity index (χ4n) is 2.02. The summed E-state index contributed by atoms with van der Waals surface area (Å²) in [4.78, 5) is 12.1. The molecule has 1 heteroatoms. The molecule has 0 aromatic heterocycles. The second-order valence-electron chi connectivity index (χ2n) is 4.32. The number of rotatable bonds is 6. The topological polar surface area (TPSA) is 17.1 Å². The maximum atomic E-state index is 12.1. The summed E-state index contributed by atoms with van der Waals surface area (Å²) in [5.74, 6) is 0.491. The Morgan fingerprint density at radius 3 is 2.06 bits per heavy atom. The SMILES string of the molecule is CCCc1ccc(C(=O)C(CC)CC)cc1. The summed E-state index contributed by atoms with van der Waals surface area (Å²) in [7, 11) is 0. The summed E-state index contributed by atoms with van der Waals surface area (Å²) in [6.45, 7) is 6.33. The van der Waals surface area contributed by atoms with Gasteiger partial charge in [-0.2, -0.15) is 0 Å². The molecule has 0 saturated carbocycles. The summed E-state index contributed by atoms with van der Waals surface area (Å²) in [6, 6.07) is 8.12. The minimum atomic E-state index is 0.192. The first-order valence-corrected chi connectivity index (χ1v) is 6.36. The van der Waals surface area contributed by atoms with Gasteiger partial charge in [0.1, 0.15) is 0 Å². The maximum absolute atomic E-state index is 12.1. The van der Waals surface area contributed by atoms with E-state index in [2.05, 4.69) is 32.9 Å². The van der Waals surface area contributed by atoms with Crippen LogP contribution in [0.4, 0.5) is 0 Å². The van der Waals surface area contributed by atoms with Crippen LogP contribution in [0, 0.1) is 5.92 Å². The van der Waals surface area contributed by atoms with Crippen molar-refractivity contribution in [2.45, 2.75) is 46.5 Å². The van der Waals surface area contributed by atoms with Gasteiger partial charge in [0.15, 0.2) is 5.78 Å². The predicted molar refractivity (Wildman–Crippen MR) is 68.8 cm³/mol. The molecule has 0 saturated heterocycles. The van der Waals surface area contributed by atoms with Gasteiger partial charge in [-0.1, -0.05) is 51.5 Å². The first-order chi connectivity index (χ1) is 7.72. The Labute approximate surface area is 98.9 Å². The minimum absolute atomic E-state index is 0.192. The molecule has 0 aliphatic heterocycles. The smallest absolute Gasteiger partial charge is 0.165 e. The number of hydrogen-bond donors (Lipinski definition) is 0. The number of aryl methyl sites for hydroxylation is 1. The predicted octanol–water partition coefficient (Wildman–Crippen LogP) is 4.26. The molecule has 0 bridgehead atoms. The van der Waals surface area contributed by atoms with E-state index in [1.165, 1.54) is 5.56 Å². The quantitative estimate of drug-likeness (QED) is 0.652. The van der Waals surface area contributed by atoms with E-state index in [1.54, 1.807) is 0 Å². The largest absolute Gasteiger partial charge is 0.294 e. The highest BCUT2D eigenvalue weighted by Gasteiger charge is 2.15. The van der Waals surface area contributed by atoms with Gasteiger partial charge in [0, 0.05) is 11.5 Å². The average molecular weight is 218 g/mol. The molecular formula is C15H22O. The summed E-state index contributed by atoms with van der Waals surface area (Å²) in [5.41, 5.74) is 2.19. The van der Waals surface area contributed by atoms with Crippen molar-refractivity contribution >= 4 is 5.78 Å². The van der Waals surface area contributed by atoms with Crippen LogP contribution in [0.25, 0.3) is 0 Å². The summed E-state index contributed by atoms with van der Waals surface area (Å²) >= 11 is 0. The number of Topliss-reactive ketones (excluding diaryl/α,β-unsaturated/α-hetero) is 1. The standard InChI is InChI=1S/C15H22O/c1-4-7-12-8-10-14(11-9-12)15(16)13(5-2)6-3/h8-11,13H,4-7H2,1-3H3. The van der Waals surface area contributed by atoms with E-state index in [1.807, 2.05) is 12.1 Å². The summed E-state index contributed by atoms with van der Waals surface area (Å²) in [5, 5.41) is 0. The van der Waals surface area contributed by atoms with E-state index in [0.717, 1.165) is 31.2 Å². The molecule has 1 rings (SSSR count). The van der Waals surface area contributed by atoms with Crippen LogP contribution in [-0.4, -0.2) is 5.78 Å². The van der Waals surface area contributed by atoms with Crippen molar-refractivity contribution < 1.29 is 4.79 Å². The molecule has 0 spiro atoms. The molecule has 1 aromatic rings. The van der Waals surface area contributed by atoms with E-state index < -0.39 is 0 Å². The van der Waals surface area contributed by atoms with Gasteiger partial charge in [-0.25, -0.2) is 0 Å². The van der Waals surface area contributed by atoms with Crippen molar-refractivity contribution in [2.75, 3.05) is 0 Å². The number of carbonyl (C=O) groups is 1. The monoisotopic (exact) mass is 218 g/mol. The zero-order valence-electron chi connectivity index (χ0n) is 10.6. The van der Waals surface area contributed by atoms with Crippen LogP contribution >= 0.6 is 0 Å². The number of benzene rings is 1. The number of carbonyl (C=O) groups excluding carboxylic acids is 1. The van der Waals surface area contributed by atoms with Crippen molar-refractivity contribution in [3.63, 3.8) is 0 Å². The third-order valence-corrected chi connectivity index (χ3v) is 3.13. The van der Waals surface area contributed by atoms with E-state index in [9.17, 15) is 4.79 Å². The van der Waals surface area contributed by atoms with Crippen LogP contribution in [0.2, 0.25) is 0 Å². The van der Waals surface area contributed by atoms with Crippen LogP contribution in [0.1, 0.15) is 56.0 Å². The van der Waals surface area contributed by atoms with Crippen molar-refractivity contribution in [1.82, 2.24) is 0 Å². The normalized spacial score (nSPS) is 10.8. The first-order valence-electron chi connectivity index (χ1n) is 6.36. The molecule has 0 fully saturated rings. The zero-order chi connectivity index (χ0) is 12.0. The molecule has 0 radical (unpaired) electrons. The average Bonchev–Trinajstić information content (AvgIpc) is 2.32. The van der Waals surface area contributed by atoms with E-state index >= 15 is 0 Å². The third kappa shape index (κ3) is 3.19. The lowest BCUT2D eigenvalue weighted by atomic mass is 9.92. The molecule has 0 amide bonds. The fraction of sp³-hybridized carbons (Fsp3) is 0.533. The second-order valence-corrected chi connectivity index (χ2v) is 4.32. The Hall–Kier alpha value is -1.11. The van der Waals surface area contributed by atoms with Crippen molar-refractivity contribution in [1.29, 1.82) is 0 Å². The van der Waals surface area contributed by atoms with E-state index in [4.69, 9.17) is 0 Å². The van der Waals surface area contributed by atoms with Crippen molar-refractivity contribution in [3.05, 3.63) is 35.4 Å². The van der Waals surface area contributed by atoms with E-state index in [0.29, 0.717) is 5.78 Å². The Morgan fingerprint density at radius 2 is 1.62 bits per heavy atom. The van der Waals surface area contributed by atoms with Gasteiger partial charge < -0.3 is 0 Å². The van der Waals surface area contributed by atoms with Crippen LogP contribution in [0.3, 0.4) is 0 Å². The lowest BCUT2D eigenvalue weighted by Crippen LogP contribution is -2.12. The van der Waals surface area contributed by atoms with Crippen LogP contribution in [0.15, 0.2) is 24.3 Å². The zero-order valence-corrected chi connectivity index (χ0v) is 10.6. The Morgan fingerprint density at radius 1 is 1.06 bits per heavy atom. The molecule has 0 heterocycles. The minimum Gasteiger partial charge on any atom is -0.294 e. The molecular weight excluding hydrogens is 196 g/mol. The first kappa shape index (κ1) is 13.0. The van der Waals surface area contributed by atoms with Crippen molar-refractivity contribution in [2.24, 2.45) is 5.92 Å². The summed E-state index contributed by atoms with van der Waals surface area (Å²) < 4.78 is 0. The lowest BCUT2D eigenvalue weighted by molar-refractivity contribution is 0.0913. The Bertz CT molecular complexity index is 320.